The molecule has 0 aliphatic rings. The first-order valence-electron chi connectivity index (χ1n) is 6.30. The molecule has 1 aromatic carbocycles. The summed E-state index contributed by atoms with van der Waals surface area (Å²) in [7, 11) is 0. The van der Waals surface area contributed by atoms with E-state index in [9.17, 15) is 9.59 Å². The van der Waals surface area contributed by atoms with Crippen LogP contribution in [-0.2, 0) is 0 Å². The van der Waals surface area contributed by atoms with E-state index in [4.69, 9.17) is 17.3 Å². The summed E-state index contributed by atoms with van der Waals surface area (Å²) in [5.74, 6) is -0.550. The van der Waals surface area contributed by atoms with Gasteiger partial charge in [-0.3, -0.25) is 4.79 Å². The van der Waals surface area contributed by atoms with Gasteiger partial charge in [0.2, 0.25) is 0 Å². The van der Waals surface area contributed by atoms with Crippen molar-refractivity contribution >= 4 is 28.8 Å². The minimum atomic E-state index is -0.550. The number of halogens is 1. The lowest BCUT2D eigenvalue weighted by molar-refractivity contribution is 0.100. The normalized spacial score (nSPS) is 10.6. The average Bonchev–Trinajstić information content (AvgIpc) is 2.96. The molecule has 110 valence electrons. The van der Waals surface area contributed by atoms with Gasteiger partial charge in [-0.1, -0.05) is 29.8 Å². The van der Waals surface area contributed by atoms with Gasteiger partial charge in [-0.25, -0.2) is 4.79 Å². The number of carbonyl (C=O) groups excluding carboxylic acids is 1. The molecule has 0 radical (unpaired) electrons. The van der Waals surface area contributed by atoms with Crippen LogP contribution in [0.1, 0.15) is 9.67 Å². The van der Waals surface area contributed by atoms with Gasteiger partial charge in [0.25, 0.3) is 5.91 Å². The largest absolute Gasteiger partial charge is 0.365 e. The Bertz CT molecular complexity index is 917. The van der Waals surface area contributed by atoms with Gasteiger partial charge in [0.1, 0.15) is 4.88 Å². The highest BCUT2D eigenvalue weighted by molar-refractivity contribution is 7.12. The van der Waals surface area contributed by atoms with Crippen LogP contribution in [0.2, 0.25) is 5.02 Å². The number of nitrogens with one attached hydrogen (secondary N) is 1. The Morgan fingerprint density at radius 3 is 2.73 bits per heavy atom. The van der Waals surface area contributed by atoms with E-state index < -0.39 is 11.6 Å². The lowest BCUT2D eigenvalue weighted by Gasteiger charge is -2.06. The lowest BCUT2D eigenvalue weighted by Crippen LogP contribution is -2.14. The van der Waals surface area contributed by atoms with E-state index in [-0.39, 0.29) is 0 Å². The van der Waals surface area contributed by atoms with E-state index >= 15 is 0 Å². The first-order chi connectivity index (χ1) is 10.6. The van der Waals surface area contributed by atoms with E-state index in [1.807, 2.05) is 6.07 Å². The number of aromatic amines is 1. The van der Waals surface area contributed by atoms with Crippen LogP contribution in [0.15, 0.2) is 46.6 Å². The molecule has 0 atom stereocenters. The molecular weight excluding hydrogens is 322 g/mol. The number of hydrogen-bond donors (Lipinski definition) is 2. The fourth-order valence-corrected chi connectivity index (χ4v) is 3.12. The van der Waals surface area contributed by atoms with E-state index in [1.165, 1.54) is 11.3 Å². The summed E-state index contributed by atoms with van der Waals surface area (Å²) in [4.78, 5) is 30.2. The average molecular weight is 332 g/mol. The number of aromatic nitrogens is 2. The molecule has 0 aliphatic carbocycles. The lowest BCUT2D eigenvalue weighted by atomic mass is 10.1. The second-order valence-electron chi connectivity index (χ2n) is 4.49. The Balaban J connectivity index is 2.20. The first-order valence-corrected chi connectivity index (χ1v) is 7.56. The molecule has 2 heterocycles. The second kappa shape index (κ2) is 5.75. The fourth-order valence-electron chi connectivity index (χ4n) is 2.12. The Hall–Kier alpha value is -2.44. The van der Waals surface area contributed by atoms with Gasteiger partial charge in [-0.15, -0.1) is 11.3 Å². The highest BCUT2D eigenvalue weighted by atomic mass is 35.5. The van der Waals surface area contributed by atoms with E-state index in [1.54, 1.807) is 35.7 Å². The van der Waals surface area contributed by atoms with Crippen molar-refractivity contribution in [1.29, 1.82) is 0 Å². The summed E-state index contributed by atoms with van der Waals surface area (Å²) in [5.41, 5.74) is 6.96. The summed E-state index contributed by atoms with van der Waals surface area (Å²) < 4.78 is 0. The fraction of sp³-hybridized carbons (Fsp3) is 0. The van der Waals surface area contributed by atoms with Gasteiger partial charge in [0, 0.05) is 16.1 Å². The third kappa shape index (κ3) is 2.66. The molecule has 5 nitrogen and oxygen atoms in total. The van der Waals surface area contributed by atoms with Crippen LogP contribution in [0.25, 0.3) is 22.5 Å². The number of H-pyrrole nitrogens is 1. The van der Waals surface area contributed by atoms with Gasteiger partial charge < -0.3 is 10.7 Å². The van der Waals surface area contributed by atoms with Crippen molar-refractivity contribution in [1.82, 2.24) is 9.97 Å². The molecule has 7 heteroatoms. The quantitative estimate of drug-likeness (QED) is 0.773. The molecule has 0 unspecified atom stereocenters. The smallest absolute Gasteiger partial charge is 0.345 e. The number of rotatable bonds is 3. The van der Waals surface area contributed by atoms with E-state index in [0.717, 1.165) is 0 Å². The Kier molecular flexibility index (Phi) is 3.79. The molecule has 0 fully saturated rings. The molecule has 0 bridgehead atoms. The monoisotopic (exact) mass is 331 g/mol. The van der Waals surface area contributed by atoms with Crippen LogP contribution in [-0.4, -0.2) is 15.9 Å². The van der Waals surface area contributed by atoms with Gasteiger partial charge in [-0.2, -0.15) is 4.98 Å². The van der Waals surface area contributed by atoms with Crippen LogP contribution in [0, 0.1) is 0 Å². The van der Waals surface area contributed by atoms with Crippen molar-refractivity contribution in [3.05, 3.63) is 62.2 Å². The summed E-state index contributed by atoms with van der Waals surface area (Å²) in [6.07, 6.45) is 0. The topological polar surface area (TPSA) is 88.8 Å². The second-order valence-corrected chi connectivity index (χ2v) is 5.82. The molecule has 3 aromatic rings. The number of thiophene rings is 1. The molecule has 3 N–H and O–H groups in total. The molecule has 0 spiro atoms. The van der Waals surface area contributed by atoms with Crippen molar-refractivity contribution in [2.45, 2.75) is 0 Å². The molecule has 0 saturated carbocycles. The van der Waals surface area contributed by atoms with Crippen LogP contribution >= 0.6 is 22.9 Å². The van der Waals surface area contributed by atoms with Crippen LogP contribution in [0.4, 0.5) is 0 Å². The number of carbonyl (C=O) groups is 1. The van der Waals surface area contributed by atoms with Crippen molar-refractivity contribution < 1.29 is 4.79 Å². The number of benzene rings is 1. The zero-order valence-electron chi connectivity index (χ0n) is 11.2. The zero-order chi connectivity index (χ0) is 15.7. The number of primary amides is 1. The van der Waals surface area contributed by atoms with Crippen molar-refractivity contribution in [3.63, 3.8) is 0 Å². The maximum absolute atomic E-state index is 11.8. The van der Waals surface area contributed by atoms with Gasteiger partial charge in [-0.05, 0) is 23.6 Å². The number of amides is 1. The SMILES string of the molecule is NC(=O)c1sccc1-c1cc(-c2ccccc2Cl)[nH]c(=O)n1. The highest BCUT2D eigenvalue weighted by Crippen LogP contribution is 2.30. The van der Waals surface area contributed by atoms with E-state index in [0.29, 0.717) is 32.4 Å². The van der Waals surface area contributed by atoms with E-state index in [2.05, 4.69) is 9.97 Å². The summed E-state index contributed by atoms with van der Waals surface area (Å²) >= 11 is 7.37. The summed E-state index contributed by atoms with van der Waals surface area (Å²) in [6.45, 7) is 0. The first kappa shape index (κ1) is 14.5. The summed E-state index contributed by atoms with van der Waals surface area (Å²) in [5, 5.41) is 2.24. The molecule has 1 amide bonds. The number of nitrogens with two attached hydrogens (primary N) is 1. The summed E-state index contributed by atoms with van der Waals surface area (Å²) in [6, 6.07) is 10.5. The minimum absolute atomic E-state index is 0.364. The predicted octanol–water partition coefficient (Wildman–Crippen LogP) is 2.92. The molecule has 22 heavy (non-hydrogen) atoms. The molecule has 0 saturated heterocycles. The Morgan fingerprint density at radius 1 is 1.23 bits per heavy atom. The Labute approximate surface area is 134 Å². The minimum Gasteiger partial charge on any atom is -0.365 e. The van der Waals surface area contributed by atoms with Crippen molar-refractivity contribution in [2.24, 2.45) is 5.73 Å². The molecule has 2 aromatic heterocycles. The molecule has 0 aliphatic heterocycles. The van der Waals surface area contributed by atoms with Crippen molar-refractivity contribution in [3.8, 4) is 22.5 Å². The third-order valence-corrected chi connectivity index (χ3v) is 4.33. The van der Waals surface area contributed by atoms with Gasteiger partial charge in [0.05, 0.1) is 11.4 Å². The maximum Gasteiger partial charge on any atom is 0.345 e. The standard InChI is InChI=1S/C15H10ClN3O2S/c16-10-4-2-1-3-8(10)11-7-12(19-15(21)18-11)9-5-6-22-13(9)14(17)20/h1-7H,(H2,17,20)(H,18,19,21). The van der Waals surface area contributed by atoms with Gasteiger partial charge in [0.15, 0.2) is 0 Å². The molecular formula is C15H10ClN3O2S. The van der Waals surface area contributed by atoms with Gasteiger partial charge >= 0.3 is 5.69 Å². The number of hydrogen-bond acceptors (Lipinski definition) is 4. The predicted molar refractivity (Wildman–Crippen MR) is 87.1 cm³/mol. The van der Waals surface area contributed by atoms with Crippen LogP contribution in [0.3, 0.4) is 0 Å². The van der Waals surface area contributed by atoms with Crippen LogP contribution in [0.5, 0.6) is 0 Å². The zero-order valence-corrected chi connectivity index (χ0v) is 12.7. The third-order valence-electron chi connectivity index (χ3n) is 3.07. The Morgan fingerprint density at radius 2 is 2.00 bits per heavy atom. The van der Waals surface area contributed by atoms with Crippen LogP contribution < -0.4 is 11.4 Å². The maximum atomic E-state index is 11.8. The highest BCUT2D eigenvalue weighted by Gasteiger charge is 2.15. The number of nitrogens with zero attached hydrogens (tertiary/aromatic N) is 1. The molecule has 3 rings (SSSR count). The van der Waals surface area contributed by atoms with Crippen molar-refractivity contribution in [2.75, 3.05) is 0 Å².